The third kappa shape index (κ3) is 4.05. The number of carbonyl (C=O) groups is 2. The second-order valence-electron chi connectivity index (χ2n) is 7.82. The molecule has 2 aromatic rings. The third-order valence-electron chi connectivity index (χ3n) is 5.79. The molecule has 2 aliphatic carbocycles. The van der Waals surface area contributed by atoms with Crippen molar-refractivity contribution in [2.24, 2.45) is 5.92 Å². The smallest absolute Gasteiger partial charge is 0.335 e. The summed E-state index contributed by atoms with van der Waals surface area (Å²) < 4.78 is 0. The van der Waals surface area contributed by atoms with Gasteiger partial charge in [-0.25, -0.2) is 4.79 Å². The van der Waals surface area contributed by atoms with E-state index in [2.05, 4.69) is 5.32 Å². The fourth-order valence-electron chi connectivity index (χ4n) is 3.88. The highest BCUT2D eigenvalue weighted by Gasteiger charge is 2.32. The average Bonchev–Trinajstić information content (AvgIpc) is 3.45. The second kappa shape index (κ2) is 7.85. The highest BCUT2D eigenvalue weighted by atomic mass is 35.5. The van der Waals surface area contributed by atoms with Crippen LogP contribution >= 0.6 is 23.2 Å². The molecule has 0 aliphatic heterocycles. The maximum atomic E-state index is 13.1. The summed E-state index contributed by atoms with van der Waals surface area (Å²) in [6.45, 7) is 1.99. The van der Waals surface area contributed by atoms with Crippen LogP contribution in [0.15, 0.2) is 42.0 Å². The number of halogens is 2. The molecule has 2 N–H and O–H groups in total. The zero-order valence-electron chi connectivity index (χ0n) is 15.9. The summed E-state index contributed by atoms with van der Waals surface area (Å²) in [7, 11) is 0. The lowest BCUT2D eigenvalue weighted by Crippen LogP contribution is -2.31. The topological polar surface area (TPSA) is 66.4 Å². The molecule has 4 rings (SSSR count). The Labute approximate surface area is 179 Å². The minimum absolute atomic E-state index is 0.0734. The Morgan fingerprint density at radius 3 is 2.45 bits per heavy atom. The number of rotatable bonds is 6. The monoisotopic (exact) mass is 429 g/mol. The number of carboxylic acids is 1. The highest BCUT2D eigenvalue weighted by Crippen LogP contribution is 2.43. The molecule has 0 aromatic heterocycles. The number of amides is 1. The fraction of sp³-hybridized carbons (Fsp3) is 0.304. The molecule has 6 heteroatoms. The quantitative estimate of drug-likeness (QED) is 0.604. The van der Waals surface area contributed by atoms with Gasteiger partial charge in [-0.05, 0) is 53.3 Å². The van der Waals surface area contributed by atoms with Crippen LogP contribution in [0.2, 0.25) is 10.0 Å². The summed E-state index contributed by atoms with van der Waals surface area (Å²) >= 11 is 12.5. The summed E-state index contributed by atoms with van der Waals surface area (Å²) in [6, 6.07) is 10.3. The van der Waals surface area contributed by atoms with Crippen LogP contribution in [0.3, 0.4) is 0 Å². The van der Waals surface area contributed by atoms with E-state index in [-0.39, 0.29) is 23.4 Å². The number of nitrogens with one attached hydrogen (secondary N) is 1. The van der Waals surface area contributed by atoms with E-state index >= 15 is 0 Å². The fourth-order valence-corrected chi connectivity index (χ4v) is 4.27. The lowest BCUT2D eigenvalue weighted by molar-refractivity contribution is -0.118. The van der Waals surface area contributed by atoms with Gasteiger partial charge in [0.1, 0.15) is 0 Å². The summed E-state index contributed by atoms with van der Waals surface area (Å²) in [5, 5.41) is 13.2. The predicted molar refractivity (Wildman–Crippen MR) is 114 cm³/mol. The molecule has 2 atom stereocenters. The number of fused-ring (bicyclic) bond motifs is 1. The molecule has 29 heavy (non-hydrogen) atoms. The molecule has 1 amide bonds. The van der Waals surface area contributed by atoms with E-state index in [9.17, 15) is 9.59 Å². The van der Waals surface area contributed by atoms with Crippen molar-refractivity contribution in [3.05, 3.63) is 74.3 Å². The van der Waals surface area contributed by atoms with Gasteiger partial charge in [-0.15, -0.1) is 0 Å². The van der Waals surface area contributed by atoms with Gasteiger partial charge in [-0.2, -0.15) is 0 Å². The van der Waals surface area contributed by atoms with Crippen molar-refractivity contribution in [1.82, 2.24) is 5.32 Å². The molecular weight excluding hydrogens is 409 g/mol. The molecule has 0 spiro atoms. The van der Waals surface area contributed by atoms with Gasteiger partial charge in [0.05, 0.1) is 21.7 Å². The van der Waals surface area contributed by atoms with E-state index in [0.29, 0.717) is 21.5 Å². The van der Waals surface area contributed by atoms with Crippen molar-refractivity contribution >= 4 is 41.2 Å². The van der Waals surface area contributed by atoms with Crippen LogP contribution in [0.1, 0.15) is 65.2 Å². The zero-order valence-corrected chi connectivity index (χ0v) is 17.4. The van der Waals surface area contributed by atoms with Crippen molar-refractivity contribution in [3.8, 4) is 0 Å². The minimum atomic E-state index is -0.961. The van der Waals surface area contributed by atoms with E-state index in [0.717, 1.165) is 36.0 Å². The van der Waals surface area contributed by atoms with Crippen molar-refractivity contribution < 1.29 is 14.7 Å². The Morgan fingerprint density at radius 1 is 1.14 bits per heavy atom. The first kappa shape index (κ1) is 20.0. The van der Waals surface area contributed by atoms with E-state index in [1.54, 1.807) is 30.3 Å². The molecule has 2 unspecified atom stereocenters. The molecule has 150 valence electrons. The van der Waals surface area contributed by atoms with Gasteiger partial charge in [-0.3, -0.25) is 4.79 Å². The maximum Gasteiger partial charge on any atom is 0.335 e. The summed E-state index contributed by atoms with van der Waals surface area (Å²) in [4.78, 5) is 24.3. The third-order valence-corrected chi connectivity index (χ3v) is 6.61. The zero-order chi connectivity index (χ0) is 20.7. The van der Waals surface area contributed by atoms with Crippen molar-refractivity contribution in [1.29, 1.82) is 0 Å². The Kier molecular flexibility index (Phi) is 5.41. The van der Waals surface area contributed by atoms with Gasteiger partial charge in [0.2, 0.25) is 5.91 Å². The normalized spacial score (nSPS) is 18.7. The Bertz CT molecular complexity index is 1010. The first-order valence-electron chi connectivity index (χ1n) is 9.68. The molecule has 2 aromatic carbocycles. The van der Waals surface area contributed by atoms with Crippen LogP contribution in [-0.2, 0) is 4.79 Å². The van der Waals surface area contributed by atoms with Gasteiger partial charge in [0.15, 0.2) is 0 Å². The number of carbonyl (C=O) groups excluding carboxylic acids is 1. The molecule has 4 nitrogen and oxygen atoms in total. The summed E-state index contributed by atoms with van der Waals surface area (Å²) in [5.74, 6) is -0.568. The van der Waals surface area contributed by atoms with Gasteiger partial charge in [-0.1, -0.05) is 61.2 Å². The standard InChI is InChI=1S/C23H21Cl2NO3/c1-12-16-8-9-19(24)21(25)18(16)11-17(12)22(27)26-20(10-13-2-3-13)14-4-6-15(7-5-14)23(28)29/h4-9,11-13,20H,2-3,10H2,1H3,(H,26,27)(H,28,29). The predicted octanol–water partition coefficient (Wildman–Crippen LogP) is 5.85. The summed E-state index contributed by atoms with van der Waals surface area (Å²) in [5.41, 5.74) is 3.61. The molecule has 0 bridgehead atoms. The van der Waals surface area contributed by atoms with Crippen molar-refractivity contribution in [2.45, 2.75) is 38.1 Å². The number of hydrogen-bond acceptors (Lipinski definition) is 2. The van der Waals surface area contributed by atoms with Gasteiger partial charge in [0.25, 0.3) is 0 Å². The Hall–Kier alpha value is -2.30. The van der Waals surface area contributed by atoms with Crippen molar-refractivity contribution in [3.63, 3.8) is 0 Å². The highest BCUT2D eigenvalue weighted by molar-refractivity contribution is 6.43. The first-order chi connectivity index (χ1) is 13.8. The number of benzene rings is 2. The largest absolute Gasteiger partial charge is 0.478 e. The molecule has 1 saturated carbocycles. The molecule has 0 saturated heterocycles. The lowest BCUT2D eigenvalue weighted by Gasteiger charge is -2.21. The molecule has 2 aliphatic rings. The lowest BCUT2D eigenvalue weighted by atomic mass is 9.95. The molecule has 0 heterocycles. The average molecular weight is 430 g/mol. The Balaban J connectivity index is 1.57. The van der Waals surface area contributed by atoms with E-state index in [1.807, 2.05) is 19.1 Å². The first-order valence-corrected chi connectivity index (χ1v) is 10.4. The van der Waals surface area contributed by atoms with Crippen LogP contribution < -0.4 is 5.32 Å². The second-order valence-corrected chi connectivity index (χ2v) is 8.60. The van der Waals surface area contributed by atoms with Crippen LogP contribution in [0.4, 0.5) is 0 Å². The molecule has 1 fully saturated rings. The molecular formula is C23H21Cl2NO3. The van der Waals surface area contributed by atoms with Crippen LogP contribution in [0.5, 0.6) is 0 Å². The van der Waals surface area contributed by atoms with Gasteiger partial charge < -0.3 is 10.4 Å². The van der Waals surface area contributed by atoms with Gasteiger partial charge in [0, 0.05) is 11.5 Å². The molecule has 0 radical (unpaired) electrons. The van der Waals surface area contributed by atoms with Crippen LogP contribution in [-0.4, -0.2) is 17.0 Å². The van der Waals surface area contributed by atoms with E-state index < -0.39 is 5.97 Å². The minimum Gasteiger partial charge on any atom is -0.478 e. The van der Waals surface area contributed by atoms with Gasteiger partial charge >= 0.3 is 5.97 Å². The van der Waals surface area contributed by atoms with Crippen LogP contribution in [0, 0.1) is 5.92 Å². The summed E-state index contributed by atoms with van der Waals surface area (Å²) in [6.07, 6.45) is 5.00. The SMILES string of the molecule is CC1C(C(=O)NC(CC2CC2)c2ccc(C(=O)O)cc2)=Cc2c1ccc(Cl)c2Cl. The van der Waals surface area contributed by atoms with E-state index in [4.69, 9.17) is 28.3 Å². The number of hydrogen-bond donors (Lipinski definition) is 2. The Morgan fingerprint density at radius 2 is 1.83 bits per heavy atom. The number of carboxylic acid groups (broad SMARTS) is 1. The maximum absolute atomic E-state index is 13.1. The van der Waals surface area contributed by atoms with E-state index in [1.165, 1.54) is 0 Å². The van der Waals surface area contributed by atoms with Crippen LogP contribution in [0.25, 0.3) is 6.08 Å². The number of aromatic carboxylic acids is 1. The van der Waals surface area contributed by atoms with Crippen molar-refractivity contribution in [2.75, 3.05) is 0 Å².